The number of benzene rings is 1. The van der Waals surface area contributed by atoms with Crippen molar-refractivity contribution in [3.05, 3.63) is 42.4 Å². The Morgan fingerprint density at radius 1 is 1.08 bits per heavy atom. The highest BCUT2D eigenvalue weighted by molar-refractivity contribution is 5.98. The Bertz CT molecular complexity index is 709. The molecule has 2 heterocycles. The first-order valence-electron chi connectivity index (χ1n) is 9.04. The first-order valence-corrected chi connectivity index (χ1v) is 9.04. The van der Waals surface area contributed by atoms with Gasteiger partial charge < -0.3 is 20.4 Å². The molecule has 0 unspecified atom stereocenters. The summed E-state index contributed by atoms with van der Waals surface area (Å²) >= 11 is 0. The molecular weight excluding hydrogens is 316 g/mol. The van der Waals surface area contributed by atoms with E-state index < -0.39 is 0 Å². The van der Waals surface area contributed by atoms with E-state index in [-0.39, 0.29) is 11.9 Å². The van der Waals surface area contributed by atoms with Gasteiger partial charge in [0, 0.05) is 36.9 Å². The number of imidazole rings is 1. The molecule has 1 amide bonds. The molecule has 1 aromatic carbocycles. The highest BCUT2D eigenvalue weighted by Crippen LogP contribution is 2.24. The van der Waals surface area contributed by atoms with Crippen molar-refractivity contribution in [2.75, 3.05) is 13.2 Å². The minimum Gasteiger partial charge on any atom is -0.381 e. The second-order valence-corrected chi connectivity index (χ2v) is 6.81. The highest BCUT2D eigenvalue weighted by atomic mass is 16.5. The summed E-state index contributed by atoms with van der Waals surface area (Å²) in [5.74, 6) is -0.0835. The number of carbonyl (C=O) groups excluding carboxylic acids is 1. The van der Waals surface area contributed by atoms with Crippen LogP contribution < -0.4 is 10.6 Å². The van der Waals surface area contributed by atoms with Gasteiger partial charge in [-0.2, -0.15) is 0 Å². The zero-order chi connectivity index (χ0) is 17.1. The molecule has 0 spiro atoms. The third kappa shape index (κ3) is 3.60. The molecule has 2 atom stereocenters. The second-order valence-electron chi connectivity index (χ2n) is 6.81. The first-order chi connectivity index (χ1) is 12.3. The molecule has 4 rings (SSSR count). The molecule has 0 bridgehead atoms. The predicted octanol–water partition coefficient (Wildman–Crippen LogP) is 2.11. The molecule has 6 heteroatoms. The number of aromatic nitrogens is 2. The molecule has 0 radical (unpaired) electrons. The van der Waals surface area contributed by atoms with E-state index in [0.29, 0.717) is 23.5 Å². The Hall–Kier alpha value is -2.18. The molecule has 1 saturated carbocycles. The minimum absolute atomic E-state index is 0.0835. The van der Waals surface area contributed by atoms with Gasteiger partial charge in [0.05, 0.1) is 6.33 Å². The smallest absolute Gasteiger partial charge is 0.270 e. The maximum Gasteiger partial charge on any atom is 0.270 e. The molecular formula is C19H24N4O2. The third-order valence-corrected chi connectivity index (χ3v) is 5.18. The average Bonchev–Trinajstić information content (AvgIpc) is 3.15. The first kappa shape index (κ1) is 16.3. The molecule has 1 aliphatic carbocycles. The standard InChI is InChI=1S/C19H24N4O2/c24-19(18-17(20-12-21-18)13-4-2-1-3-5-13)23-16-7-6-15(16)22-14-8-10-25-11-9-14/h1-5,12,14-16,22H,6-11H2,(H,20,21)(H,23,24)/t15-,16+/m0/s1. The van der Waals surface area contributed by atoms with Gasteiger partial charge in [-0.1, -0.05) is 30.3 Å². The Kier molecular flexibility index (Phi) is 4.81. The SMILES string of the molecule is O=C(N[C@@H]1CC[C@@H]1NC1CCOCC1)c1[nH]cnc1-c1ccccc1. The Morgan fingerprint density at radius 2 is 1.84 bits per heavy atom. The van der Waals surface area contributed by atoms with Gasteiger partial charge in [-0.3, -0.25) is 4.79 Å². The zero-order valence-electron chi connectivity index (χ0n) is 14.2. The van der Waals surface area contributed by atoms with Crippen molar-refractivity contribution in [2.45, 2.75) is 43.8 Å². The molecule has 1 aliphatic heterocycles. The van der Waals surface area contributed by atoms with Crippen molar-refractivity contribution in [1.82, 2.24) is 20.6 Å². The Balaban J connectivity index is 1.39. The summed E-state index contributed by atoms with van der Waals surface area (Å²) in [6.45, 7) is 1.66. The van der Waals surface area contributed by atoms with E-state index in [4.69, 9.17) is 4.74 Å². The Morgan fingerprint density at radius 3 is 2.56 bits per heavy atom. The van der Waals surface area contributed by atoms with Crippen LogP contribution in [-0.2, 0) is 4.74 Å². The van der Waals surface area contributed by atoms with E-state index in [1.807, 2.05) is 30.3 Å². The van der Waals surface area contributed by atoms with Crippen LogP contribution in [0.15, 0.2) is 36.7 Å². The quantitative estimate of drug-likeness (QED) is 0.779. The minimum atomic E-state index is -0.0835. The summed E-state index contributed by atoms with van der Waals surface area (Å²) in [7, 11) is 0. The van der Waals surface area contributed by atoms with Gasteiger partial charge in [-0.05, 0) is 25.7 Å². The van der Waals surface area contributed by atoms with Gasteiger partial charge in [0.2, 0.25) is 0 Å². The number of rotatable bonds is 5. The van der Waals surface area contributed by atoms with Gasteiger partial charge in [-0.15, -0.1) is 0 Å². The van der Waals surface area contributed by atoms with E-state index in [2.05, 4.69) is 20.6 Å². The van der Waals surface area contributed by atoms with Crippen LogP contribution in [-0.4, -0.2) is 47.2 Å². The lowest BCUT2D eigenvalue weighted by Crippen LogP contribution is -2.59. The number of aromatic amines is 1. The molecule has 25 heavy (non-hydrogen) atoms. The lowest BCUT2D eigenvalue weighted by Gasteiger charge is -2.40. The highest BCUT2D eigenvalue weighted by Gasteiger charge is 2.34. The van der Waals surface area contributed by atoms with Crippen LogP contribution in [0.5, 0.6) is 0 Å². The van der Waals surface area contributed by atoms with Gasteiger partial charge >= 0.3 is 0 Å². The van der Waals surface area contributed by atoms with E-state index in [1.165, 1.54) is 0 Å². The van der Waals surface area contributed by atoms with E-state index in [9.17, 15) is 4.79 Å². The summed E-state index contributed by atoms with van der Waals surface area (Å²) in [6.07, 6.45) is 5.81. The molecule has 6 nitrogen and oxygen atoms in total. The van der Waals surface area contributed by atoms with E-state index >= 15 is 0 Å². The van der Waals surface area contributed by atoms with Crippen LogP contribution in [0.3, 0.4) is 0 Å². The summed E-state index contributed by atoms with van der Waals surface area (Å²) in [6, 6.07) is 10.8. The normalized spacial score (nSPS) is 23.8. The van der Waals surface area contributed by atoms with Crippen molar-refractivity contribution in [3.8, 4) is 11.3 Å². The third-order valence-electron chi connectivity index (χ3n) is 5.18. The summed E-state index contributed by atoms with van der Waals surface area (Å²) in [5.41, 5.74) is 2.17. The maximum absolute atomic E-state index is 12.7. The summed E-state index contributed by atoms with van der Waals surface area (Å²) in [5, 5.41) is 6.85. The largest absolute Gasteiger partial charge is 0.381 e. The monoisotopic (exact) mass is 340 g/mol. The van der Waals surface area contributed by atoms with Crippen molar-refractivity contribution in [2.24, 2.45) is 0 Å². The lowest BCUT2D eigenvalue weighted by molar-refractivity contribution is 0.0652. The number of carbonyl (C=O) groups is 1. The van der Waals surface area contributed by atoms with Crippen LogP contribution in [0, 0.1) is 0 Å². The fourth-order valence-electron chi connectivity index (χ4n) is 3.56. The van der Waals surface area contributed by atoms with Crippen molar-refractivity contribution in [1.29, 1.82) is 0 Å². The molecule has 2 aliphatic rings. The van der Waals surface area contributed by atoms with Crippen molar-refractivity contribution >= 4 is 5.91 Å². The van der Waals surface area contributed by atoms with E-state index in [0.717, 1.165) is 44.5 Å². The molecule has 1 aromatic heterocycles. The number of nitrogens with one attached hydrogen (secondary N) is 3. The lowest BCUT2D eigenvalue weighted by atomic mass is 9.85. The topological polar surface area (TPSA) is 79.0 Å². The van der Waals surface area contributed by atoms with E-state index in [1.54, 1.807) is 6.33 Å². The second kappa shape index (κ2) is 7.37. The molecule has 2 fully saturated rings. The van der Waals surface area contributed by atoms with Crippen LogP contribution in [0.25, 0.3) is 11.3 Å². The zero-order valence-corrected chi connectivity index (χ0v) is 14.2. The number of hydrogen-bond donors (Lipinski definition) is 3. The molecule has 2 aromatic rings. The van der Waals surface area contributed by atoms with Crippen molar-refractivity contribution in [3.63, 3.8) is 0 Å². The summed E-state index contributed by atoms with van der Waals surface area (Å²) < 4.78 is 5.41. The van der Waals surface area contributed by atoms with Crippen molar-refractivity contribution < 1.29 is 9.53 Å². The average molecular weight is 340 g/mol. The van der Waals surface area contributed by atoms with Gasteiger partial charge in [0.1, 0.15) is 11.4 Å². The van der Waals surface area contributed by atoms with Gasteiger partial charge in [0.15, 0.2) is 0 Å². The van der Waals surface area contributed by atoms with Crippen LogP contribution in [0.1, 0.15) is 36.2 Å². The van der Waals surface area contributed by atoms with Gasteiger partial charge in [0.25, 0.3) is 5.91 Å². The number of hydrogen-bond acceptors (Lipinski definition) is 4. The number of H-pyrrole nitrogens is 1. The maximum atomic E-state index is 12.7. The molecule has 132 valence electrons. The predicted molar refractivity (Wildman–Crippen MR) is 95.3 cm³/mol. The number of nitrogens with zero attached hydrogens (tertiary/aromatic N) is 1. The fraction of sp³-hybridized carbons (Fsp3) is 0.474. The Labute approximate surface area is 147 Å². The van der Waals surface area contributed by atoms with Gasteiger partial charge in [-0.25, -0.2) is 4.98 Å². The van der Waals surface area contributed by atoms with Crippen LogP contribution in [0.2, 0.25) is 0 Å². The number of amides is 1. The van der Waals surface area contributed by atoms with Crippen LogP contribution >= 0.6 is 0 Å². The number of ether oxygens (including phenoxy) is 1. The molecule has 3 N–H and O–H groups in total. The van der Waals surface area contributed by atoms with Crippen LogP contribution in [0.4, 0.5) is 0 Å². The fourth-order valence-corrected chi connectivity index (χ4v) is 3.56. The molecule has 1 saturated heterocycles. The summed E-state index contributed by atoms with van der Waals surface area (Å²) in [4.78, 5) is 20.0.